The highest BCUT2D eigenvalue weighted by atomic mass is 127. The van der Waals surface area contributed by atoms with E-state index < -0.39 is 23.3 Å². The van der Waals surface area contributed by atoms with Crippen molar-refractivity contribution in [1.82, 2.24) is 0 Å². The lowest BCUT2D eigenvalue weighted by molar-refractivity contribution is 0.500. The van der Waals surface area contributed by atoms with Crippen LogP contribution in [0, 0.1) is 26.8 Å². The summed E-state index contributed by atoms with van der Waals surface area (Å²) in [7, 11) is 0. The molecule has 0 radical (unpaired) electrons. The van der Waals surface area contributed by atoms with Crippen LogP contribution in [0.4, 0.5) is 17.6 Å². The van der Waals surface area contributed by atoms with Crippen molar-refractivity contribution in [3.63, 3.8) is 0 Å². The molecule has 0 spiro atoms. The third-order valence-corrected chi connectivity index (χ3v) is 5.06. The number of hydrogen-bond donors (Lipinski definition) is 0. The third kappa shape index (κ3) is 3.49. The van der Waals surface area contributed by atoms with E-state index in [0.717, 1.165) is 6.42 Å². The molecule has 0 nitrogen and oxygen atoms in total. The van der Waals surface area contributed by atoms with Gasteiger partial charge in [0.2, 0.25) is 0 Å². The Labute approximate surface area is 163 Å². The number of hydrogen-bond acceptors (Lipinski definition) is 0. The third-order valence-electron chi connectivity index (χ3n) is 4.22. The van der Waals surface area contributed by atoms with Crippen LogP contribution in [0.15, 0.2) is 48.5 Å². The largest absolute Gasteiger partial charge is 0.203 e. The van der Waals surface area contributed by atoms with Gasteiger partial charge in [0.1, 0.15) is 0 Å². The minimum absolute atomic E-state index is 0.124. The maximum atomic E-state index is 14.4. The van der Waals surface area contributed by atoms with Crippen LogP contribution in [-0.2, 0) is 6.42 Å². The highest BCUT2D eigenvalue weighted by Gasteiger charge is 2.16. The van der Waals surface area contributed by atoms with E-state index in [2.05, 4.69) is 0 Å². The van der Waals surface area contributed by atoms with Gasteiger partial charge >= 0.3 is 0 Å². The molecule has 0 atom stereocenters. The molecule has 0 aliphatic rings. The van der Waals surface area contributed by atoms with Gasteiger partial charge in [0.25, 0.3) is 0 Å². The molecule has 0 N–H and O–H groups in total. The first-order valence-electron chi connectivity index (χ1n) is 8.15. The molecule has 26 heavy (non-hydrogen) atoms. The summed E-state index contributed by atoms with van der Waals surface area (Å²) in [5, 5.41) is 0. The smallest absolute Gasteiger partial charge is 0.172 e. The lowest BCUT2D eigenvalue weighted by Gasteiger charge is -2.10. The van der Waals surface area contributed by atoms with E-state index in [1.54, 1.807) is 59.0 Å². The molecule has 0 bridgehead atoms. The Morgan fingerprint density at radius 2 is 1.15 bits per heavy atom. The van der Waals surface area contributed by atoms with Crippen LogP contribution < -0.4 is 0 Å². The maximum absolute atomic E-state index is 14.4. The normalized spacial score (nSPS) is 11.0. The van der Waals surface area contributed by atoms with E-state index in [4.69, 9.17) is 0 Å². The molecule has 3 aromatic rings. The fraction of sp³-hybridized carbons (Fsp3) is 0.143. The van der Waals surface area contributed by atoms with E-state index in [1.807, 2.05) is 6.92 Å². The Morgan fingerprint density at radius 1 is 0.654 bits per heavy atom. The second kappa shape index (κ2) is 7.78. The molecule has 0 unspecified atom stereocenters. The van der Waals surface area contributed by atoms with Crippen molar-refractivity contribution in [1.29, 1.82) is 0 Å². The summed E-state index contributed by atoms with van der Waals surface area (Å²) in [5.74, 6) is -3.55. The number of benzene rings is 3. The zero-order valence-electron chi connectivity index (χ0n) is 13.9. The van der Waals surface area contributed by atoms with Crippen LogP contribution in [0.5, 0.6) is 0 Å². The summed E-state index contributed by atoms with van der Waals surface area (Å²) in [4.78, 5) is 0. The Morgan fingerprint density at radius 3 is 1.69 bits per heavy atom. The van der Waals surface area contributed by atoms with Gasteiger partial charge in [-0.05, 0) is 51.8 Å². The van der Waals surface area contributed by atoms with E-state index in [0.29, 0.717) is 23.1 Å². The predicted octanol–water partition coefficient (Wildman–Crippen LogP) is 7.13. The average molecular weight is 470 g/mol. The first-order valence-corrected chi connectivity index (χ1v) is 9.23. The number of rotatable bonds is 4. The molecule has 0 saturated carbocycles. The summed E-state index contributed by atoms with van der Waals surface area (Å²) < 4.78 is 56.6. The van der Waals surface area contributed by atoms with Crippen LogP contribution in [0.1, 0.15) is 18.9 Å². The lowest BCUT2D eigenvalue weighted by Crippen LogP contribution is -1.97. The monoisotopic (exact) mass is 470 g/mol. The molecular weight excluding hydrogens is 455 g/mol. The van der Waals surface area contributed by atoms with Gasteiger partial charge in [-0.1, -0.05) is 55.8 Å². The minimum atomic E-state index is -0.925. The van der Waals surface area contributed by atoms with E-state index in [1.165, 1.54) is 12.1 Å². The van der Waals surface area contributed by atoms with Crippen LogP contribution in [0.25, 0.3) is 22.3 Å². The molecule has 0 fully saturated rings. The standard InChI is InChI=1S/C21H15F4I/c1-2-3-14-8-9-15(19(23)18(14)22)12-4-6-13(7-5-12)16-10-11-17(26)21(25)20(16)24/h4-11H,2-3H2,1H3. The molecule has 0 heterocycles. The number of halogens is 5. The SMILES string of the molecule is CCCc1ccc(-c2ccc(-c3ccc(I)c(F)c3F)cc2)c(F)c1F. The molecule has 134 valence electrons. The Kier molecular flexibility index (Phi) is 5.65. The maximum Gasteiger partial charge on any atom is 0.172 e. The van der Waals surface area contributed by atoms with Crippen LogP contribution in [-0.4, -0.2) is 0 Å². The van der Waals surface area contributed by atoms with Gasteiger partial charge in [-0.15, -0.1) is 0 Å². The van der Waals surface area contributed by atoms with Crippen molar-refractivity contribution in [3.8, 4) is 22.3 Å². The zero-order valence-corrected chi connectivity index (χ0v) is 16.1. The highest BCUT2D eigenvalue weighted by molar-refractivity contribution is 14.1. The second-order valence-electron chi connectivity index (χ2n) is 5.95. The predicted molar refractivity (Wildman–Crippen MR) is 104 cm³/mol. The molecular formula is C21H15F4I. The van der Waals surface area contributed by atoms with Crippen molar-refractivity contribution in [2.75, 3.05) is 0 Å². The van der Waals surface area contributed by atoms with Gasteiger partial charge in [-0.25, -0.2) is 17.6 Å². The van der Waals surface area contributed by atoms with E-state index in [-0.39, 0.29) is 14.7 Å². The van der Waals surface area contributed by atoms with Crippen LogP contribution in [0.2, 0.25) is 0 Å². The van der Waals surface area contributed by atoms with Crippen molar-refractivity contribution >= 4 is 22.6 Å². The van der Waals surface area contributed by atoms with Crippen molar-refractivity contribution < 1.29 is 17.6 Å². The van der Waals surface area contributed by atoms with Crippen molar-refractivity contribution in [2.45, 2.75) is 19.8 Å². The molecule has 3 aromatic carbocycles. The second-order valence-corrected chi connectivity index (χ2v) is 7.11. The molecule has 0 saturated heterocycles. The first kappa shape index (κ1) is 18.9. The summed E-state index contributed by atoms with van der Waals surface area (Å²) >= 11 is 1.72. The summed E-state index contributed by atoms with van der Waals surface area (Å²) in [5.41, 5.74) is 1.55. The molecule has 0 aliphatic carbocycles. The summed E-state index contributed by atoms with van der Waals surface area (Å²) in [6.45, 7) is 1.90. The summed E-state index contributed by atoms with van der Waals surface area (Å²) in [6, 6.07) is 12.4. The molecule has 3 rings (SSSR count). The number of aryl methyl sites for hydroxylation is 1. The van der Waals surface area contributed by atoms with Crippen LogP contribution in [0.3, 0.4) is 0 Å². The van der Waals surface area contributed by atoms with Gasteiger partial charge in [-0.3, -0.25) is 0 Å². The quantitative estimate of drug-likeness (QED) is 0.216. The molecule has 5 heteroatoms. The zero-order chi connectivity index (χ0) is 18.8. The fourth-order valence-electron chi connectivity index (χ4n) is 2.85. The van der Waals surface area contributed by atoms with Gasteiger partial charge < -0.3 is 0 Å². The minimum Gasteiger partial charge on any atom is -0.203 e. The molecule has 0 aromatic heterocycles. The van der Waals surface area contributed by atoms with E-state index in [9.17, 15) is 17.6 Å². The van der Waals surface area contributed by atoms with Gasteiger partial charge in [0.15, 0.2) is 23.3 Å². The van der Waals surface area contributed by atoms with Gasteiger partial charge in [0.05, 0.1) is 3.57 Å². The Bertz CT molecular complexity index is 949. The van der Waals surface area contributed by atoms with Crippen molar-refractivity contribution in [3.05, 3.63) is 80.9 Å². The van der Waals surface area contributed by atoms with E-state index >= 15 is 0 Å². The van der Waals surface area contributed by atoms with Crippen LogP contribution >= 0.6 is 22.6 Å². The first-order chi connectivity index (χ1) is 12.4. The topological polar surface area (TPSA) is 0 Å². The van der Waals surface area contributed by atoms with Crippen molar-refractivity contribution in [2.24, 2.45) is 0 Å². The molecule has 0 amide bonds. The van der Waals surface area contributed by atoms with Gasteiger partial charge in [-0.2, -0.15) is 0 Å². The fourth-order valence-corrected chi connectivity index (χ4v) is 3.27. The average Bonchev–Trinajstić information content (AvgIpc) is 2.64. The Hall–Kier alpha value is -1.89. The van der Waals surface area contributed by atoms with Gasteiger partial charge in [0, 0.05) is 11.1 Å². The molecule has 0 aliphatic heterocycles. The summed E-state index contributed by atoms with van der Waals surface area (Å²) in [6.07, 6.45) is 1.20. The lowest BCUT2D eigenvalue weighted by atomic mass is 9.98. The highest BCUT2D eigenvalue weighted by Crippen LogP contribution is 2.31. The Balaban J connectivity index is 1.99.